The van der Waals surface area contributed by atoms with Crippen LogP contribution in [0.1, 0.15) is 116 Å². The van der Waals surface area contributed by atoms with E-state index >= 15 is 0 Å². The number of amides is 1. The highest BCUT2D eigenvalue weighted by Crippen LogP contribution is 2.32. The number of piperazine rings is 1. The molecular weight excluding hydrogens is 1620 g/mol. The van der Waals surface area contributed by atoms with Crippen molar-refractivity contribution in [1.82, 2.24) is 34.3 Å². The number of carbonyl (C=O) groups is 5. The molecule has 25 nitrogen and oxygen atoms in total. The lowest BCUT2D eigenvalue weighted by Crippen LogP contribution is -2.48. The fraction of sp³-hybridized carbons (Fsp3) is 0.485. The second-order valence-corrected chi connectivity index (χ2v) is 34.8. The number of rotatable bonds is 43. The van der Waals surface area contributed by atoms with Crippen molar-refractivity contribution in [2.75, 3.05) is 183 Å². The summed E-state index contributed by atoms with van der Waals surface area (Å²) in [6, 6.07) is 64.5. The van der Waals surface area contributed by atoms with Crippen molar-refractivity contribution in [3.8, 4) is 34.5 Å². The third kappa shape index (κ3) is 34.4. The van der Waals surface area contributed by atoms with Crippen molar-refractivity contribution in [2.24, 2.45) is 0 Å². The molecule has 6 aliphatic rings. The first-order valence-corrected chi connectivity index (χ1v) is 45.9. The number of aliphatic hydroxyl groups is 4. The van der Waals surface area contributed by atoms with E-state index < -0.39 is 24.4 Å². The lowest BCUT2D eigenvalue weighted by molar-refractivity contribution is -0.129. The maximum atomic E-state index is 12.5. The van der Waals surface area contributed by atoms with Crippen LogP contribution in [0, 0.1) is 0 Å². The average molecular weight is 1760 g/mol. The number of fused-ring (bicyclic) bond motifs is 4. The van der Waals surface area contributed by atoms with Crippen LogP contribution in [0.3, 0.4) is 0 Å². The fourth-order valence-corrected chi connectivity index (χ4v) is 16.5. The van der Waals surface area contributed by atoms with Crippen LogP contribution >= 0.6 is 0 Å². The smallest absolute Gasteiger partial charge is 0.219 e. The van der Waals surface area contributed by atoms with Crippen LogP contribution < -0.4 is 38.6 Å². The summed E-state index contributed by atoms with van der Waals surface area (Å²) < 4.78 is 39.9. The first-order chi connectivity index (χ1) is 62.2. The summed E-state index contributed by atoms with van der Waals surface area (Å²) in [6.07, 6.45) is 6.96. The Morgan fingerprint density at radius 3 is 1.06 bits per heavy atom. The SMILES string of the molecule is CC(=O)N1CCN(c2ccccc2OCC(=O)CCC(O)CN2CCc3ccccc3C2)CC1.CN(C)CCOc1ccccc1OCC(=O)CC[C@@H](O)CN1CCc2ccccc2C1.CN(C)CCOc1ccccc1OCC(=O)CC[C@H](O)CN1CCc2ccccc2C1.O=C(CCC(O)CN1CCc2ccccc2C1)COc1cccc(NC2CCOCC2)c1. The molecule has 6 aliphatic heterocycles. The van der Waals surface area contributed by atoms with Crippen molar-refractivity contribution >= 4 is 40.4 Å². The molecule has 0 bridgehead atoms. The molecular formula is C103H137N9O16. The molecule has 8 aromatic carbocycles. The van der Waals surface area contributed by atoms with E-state index in [1.165, 1.54) is 44.5 Å². The Balaban J connectivity index is 0.000000165. The number of ketones is 4. The van der Waals surface area contributed by atoms with Crippen LogP contribution in [0.15, 0.2) is 194 Å². The number of ether oxygens (including phenoxy) is 7. The van der Waals surface area contributed by atoms with Gasteiger partial charge in [0.25, 0.3) is 0 Å². The predicted molar refractivity (Wildman–Crippen MR) is 500 cm³/mol. The van der Waals surface area contributed by atoms with Gasteiger partial charge in [0.1, 0.15) is 51.1 Å². The third-order valence-corrected chi connectivity index (χ3v) is 24.0. The second kappa shape index (κ2) is 53.1. The van der Waals surface area contributed by atoms with E-state index in [0.29, 0.717) is 144 Å². The Bertz CT molecular complexity index is 4570. The topological polar surface area (TPSA) is 269 Å². The zero-order valence-electron chi connectivity index (χ0n) is 75.9. The van der Waals surface area contributed by atoms with Gasteiger partial charge in [-0.1, -0.05) is 140 Å². The van der Waals surface area contributed by atoms with Crippen LogP contribution in [-0.4, -0.2) is 287 Å². The largest absolute Gasteiger partial charge is 0.488 e. The van der Waals surface area contributed by atoms with Gasteiger partial charge in [0.05, 0.1) is 30.1 Å². The number of nitrogens with one attached hydrogen (secondary N) is 1. The number of nitrogens with zero attached hydrogens (tertiary/aromatic N) is 8. The van der Waals surface area contributed by atoms with Gasteiger partial charge < -0.3 is 78.5 Å². The zero-order valence-corrected chi connectivity index (χ0v) is 75.9. The Kier molecular flexibility index (Phi) is 40.9. The van der Waals surface area contributed by atoms with Gasteiger partial charge in [0, 0.05) is 181 Å². The van der Waals surface area contributed by atoms with E-state index in [-0.39, 0.29) is 55.5 Å². The van der Waals surface area contributed by atoms with E-state index in [2.05, 4.69) is 127 Å². The average Bonchev–Trinajstić information content (AvgIpc) is 0.836. The number of β-amino-alcohol motifs (C(OH)–C–C–N with tert-alkyl or cyclic N) is 4. The molecule has 25 heteroatoms. The maximum absolute atomic E-state index is 12.5. The number of Topliss-reactive ketones (excluding diaryl/α,β-unsaturated/α-hetero) is 4. The lowest BCUT2D eigenvalue weighted by Gasteiger charge is -2.36. The highest BCUT2D eigenvalue weighted by molar-refractivity contribution is 5.81. The number of hydrogen-bond acceptors (Lipinski definition) is 24. The van der Waals surface area contributed by atoms with Crippen molar-refractivity contribution in [1.29, 1.82) is 0 Å². The van der Waals surface area contributed by atoms with E-state index in [9.17, 15) is 44.4 Å². The first kappa shape index (κ1) is 98.5. The van der Waals surface area contributed by atoms with Crippen LogP contribution in [0.4, 0.5) is 11.4 Å². The highest BCUT2D eigenvalue weighted by Gasteiger charge is 2.27. The standard InChI is InChI=1S/C27H35N3O4.C26H34N2O4.2C25H34N2O4/c1-21(31)29-14-16-30(17-15-29)26-8-4-5-9-27(26)34-20-25(33)11-10-24(32)19-28-13-12-22-6-2-3-7-23(22)18-28;29-24(18-28-13-10-20-4-1-2-5-21(20)17-28)8-9-25(30)19-32-26-7-3-6-23(16-26)27-22-11-14-31-15-12-22;2*1-26(2)15-16-30-24-9-5-6-10-25(24)31-19-23(29)12-11-22(28)18-27-14-13-20-7-3-4-8-21(20)17-27/h2-9,24,32H,10-20H2,1H3;1-7,16,22,24,27,29H,8-15,17-19H2;2*3-10,22,28H,11-19H2,1-2H3/t;;2*22-/m..10/s1. The van der Waals surface area contributed by atoms with Gasteiger partial charge >= 0.3 is 0 Å². The normalized spacial score (nSPS) is 16.3. The van der Waals surface area contributed by atoms with Crippen LogP contribution in [-0.2, 0) is 80.6 Å². The van der Waals surface area contributed by atoms with Crippen molar-refractivity contribution in [3.63, 3.8) is 0 Å². The van der Waals surface area contributed by atoms with Gasteiger partial charge in [-0.15, -0.1) is 0 Å². The summed E-state index contributed by atoms with van der Waals surface area (Å²) in [5.41, 5.74) is 12.9. The van der Waals surface area contributed by atoms with E-state index in [4.69, 9.17) is 33.2 Å². The third-order valence-electron chi connectivity index (χ3n) is 24.0. The molecule has 2 saturated heterocycles. The quantitative estimate of drug-likeness (QED) is 0.0238. The number of hydrogen-bond donors (Lipinski definition) is 5. The number of aliphatic hydroxyl groups excluding tert-OH is 4. The molecule has 2 fully saturated rings. The van der Waals surface area contributed by atoms with Crippen LogP contribution in [0.25, 0.3) is 0 Å². The van der Waals surface area contributed by atoms with Crippen molar-refractivity contribution in [2.45, 2.75) is 153 Å². The molecule has 4 atom stereocenters. The predicted octanol–water partition coefficient (Wildman–Crippen LogP) is 11.5. The lowest BCUT2D eigenvalue weighted by atomic mass is 9.99. The molecule has 14 rings (SSSR count). The monoisotopic (exact) mass is 1760 g/mol. The van der Waals surface area contributed by atoms with E-state index in [1.54, 1.807) is 19.1 Å². The number of likely N-dealkylation sites (N-methyl/N-ethyl adjacent to an activating group) is 2. The minimum atomic E-state index is -0.529. The minimum absolute atomic E-state index is 0.00572. The first-order valence-electron chi connectivity index (χ1n) is 45.9. The molecule has 6 heterocycles. The number of carbonyl (C=O) groups excluding carboxylic acids is 5. The van der Waals surface area contributed by atoms with Crippen molar-refractivity contribution < 1.29 is 77.6 Å². The van der Waals surface area contributed by atoms with Gasteiger partial charge in [-0.05, 0) is 185 Å². The Hall–Kier alpha value is -10.1. The Morgan fingerprint density at radius 2 is 0.703 bits per heavy atom. The Labute approximate surface area is 757 Å². The summed E-state index contributed by atoms with van der Waals surface area (Å²) in [4.78, 5) is 78.1. The molecule has 128 heavy (non-hydrogen) atoms. The molecule has 2 unspecified atom stereocenters. The summed E-state index contributed by atoms with van der Waals surface area (Å²) in [6.45, 7) is 18.3. The molecule has 690 valence electrons. The van der Waals surface area contributed by atoms with E-state index in [1.807, 2.05) is 128 Å². The molecule has 1 amide bonds. The number of anilines is 2. The Morgan fingerprint density at radius 1 is 0.383 bits per heavy atom. The van der Waals surface area contributed by atoms with Crippen LogP contribution in [0.2, 0.25) is 0 Å². The molecule has 8 aromatic rings. The molecule has 0 spiro atoms. The fourth-order valence-electron chi connectivity index (χ4n) is 16.5. The minimum Gasteiger partial charge on any atom is -0.488 e. The van der Waals surface area contributed by atoms with Crippen molar-refractivity contribution in [3.05, 3.63) is 239 Å². The molecule has 0 radical (unpaired) electrons. The molecule has 0 aromatic heterocycles. The van der Waals surface area contributed by atoms with Gasteiger partial charge in [0.2, 0.25) is 5.91 Å². The molecule has 5 N–H and O–H groups in total. The summed E-state index contributed by atoms with van der Waals surface area (Å²) in [7, 11) is 7.96. The van der Waals surface area contributed by atoms with Gasteiger partial charge in [0.15, 0.2) is 46.1 Å². The van der Waals surface area contributed by atoms with Gasteiger partial charge in [-0.3, -0.25) is 43.6 Å². The second-order valence-electron chi connectivity index (χ2n) is 34.8. The number of para-hydroxylation sites is 6. The maximum Gasteiger partial charge on any atom is 0.219 e. The highest BCUT2D eigenvalue weighted by atomic mass is 16.5. The molecule has 0 aliphatic carbocycles. The zero-order chi connectivity index (χ0) is 90.2. The summed E-state index contributed by atoms with van der Waals surface area (Å²) >= 11 is 0. The summed E-state index contributed by atoms with van der Waals surface area (Å²) in [5.74, 6) is 3.84. The summed E-state index contributed by atoms with van der Waals surface area (Å²) in [5, 5.41) is 45.2. The van der Waals surface area contributed by atoms with Crippen LogP contribution in [0.5, 0.6) is 34.5 Å². The van der Waals surface area contributed by atoms with Gasteiger partial charge in [-0.2, -0.15) is 0 Å². The molecule has 0 saturated carbocycles. The van der Waals surface area contributed by atoms with Gasteiger partial charge in [-0.25, -0.2) is 0 Å². The number of benzene rings is 8. The van der Waals surface area contributed by atoms with E-state index in [0.717, 1.165) is 142 Å².